The topological polar surface area (TPSA) is 55.8 Å². The Morgan fingerprint density at radius 3 is 2.71 bits per heavy atom. The van der Waals surface area contributed by atoms with Crippen molar-refractivity contribution in [3.05, 3.63) is 35.9 Å². The number of piperidine rings is 1. The molecule has 5 nitrogen and oxygen atoms in total. The molecule has 0 radical (unpaired) electrons. The molecule has 114 valence electrons. The molecule has 2 rings (SSSR count). The lowest BCUT2D eigenvalue weighted by Crippen LogP contribution is -2.51. The smallest absolute Gasteiger partial charge is 0.410 e. The van der Waals surface area contributed by atoms with E-state index in [9.17, 15) is 14.0 Å². The summed E-state index contributed by atoms with van der Waals surface area (Å²) in [5.74, 6) is -0.617. The molecule has 0 spiro atoms. The van der Waals surface area contributed by atoms with Gasteiger partial charge in [0.15, 0.2) is 0 Å². The fourth-order valence-electron chi connectivity index (χ4n) is 2.30. The number of halogens is 1. The van der Waals surface area contributed by atoms with Crippen LogP contribution in [0.25, 0.3) is 0 Å². The number of hydrogen-bond donors (Lipinski definition) is 0. The zero-order valence-electron chi connectivity index (χ0n) is 11.8. The van der Waals surface area contributed by atoms with Gasteiger partial charge >= 0.3 is 12.1 Å². The summed E-state index contributed by atoms with van der Waals surface area (Å²) in [7, 11) is 1.22. The molecule has 1 aliphatic rings. The van der Waals surface area contributed by atoms with Crippen molar-refractivity contribution in [1.29, 1.82) is 0 Å². The SMILES string of the molecule is COC(=O)[C@@H]1C[C@@H](F)CCN1C(=O)OCc1ccccc1. The van der Waals surface area contributed by atoms with Crippen molar-refractivity contribution < 1.29 is 23.5 Å². The largest absolute Gasteiger partial charge is 0.467 e. The Kier molecular flexibility index (Phi) is 5.14. The molecule has 1 amide bonds. The summed E-state index contributed by atoms with van der Waals surface area (Å²) in [6.07, 6.45) is -1.57. The maximum absolute atomic E-state index is 13.4. The van der Waals surface area contributed by atoms with Gasteiger partial charge in [-0.2, -0.15) is 0 Å². The molecule has 1 aliphatic heterocycles. The highest BCUT2D eigenvalue weighted by atomic mass is 19.1. The fraction of sp³-hybridized carbons (Fsp3) is 0.467. The van der Waals surface area contributed by atoms with Gasteiger partial charge in [0, 0.05) is 13.0 Å². The molecule has 6 heteroatoms. The van der Waals surface area contributed by atoms with Crippen molar-refractivity contribution in [3.63, 3.8) is 0 Å². The third kappa shape index (κ3) is 3.93. The molecule has 1 aromatic carbocycles. The van der Waals surface area contributed by atoms with E-state index in [4.69, 9.17) is 4.74 Å². The maximum Gasteiger partial charge on any atom is 0.410 e. The Morgan fingerprint density at radius 2 is 2.05 bits per heavy atom. The van der Waals surface area contributed by atoms with Gasteiger partial charge in [-0.15, -0.1) is 0 Å². The minimum atomic E-state index is -1.10. The van der Waals surface area contributed by atoms with E-state index in [1.807, 2.05) is 30.3 Å². The molecule has 0 unspecified atom stereocenters. The molecule has 1 fully saturated rings. The van der Waals surface area contributed by atoms with Crippen LogP contribution in [0.5, 0.6) is 0 Å². The van der Waals surface area contributed by atoms with Gasteiger partial charge in [-0.05, 0) is 12.0 Å². The number of amides is 1. The number of esters is 1. The Hall–Kier alpha value is -2.11. The summed E-state index contributed by atoms with van der Waals surface area (Å²) in [4.78, 5) is 25.0. The van der Waals surface area contributed by atoms with Gasteiger partial charge in [-0.3, -0.25) is 4.90 Å². The maximum atomic E-state index is 13.4. The summed E-state index contributed by atoms with van der Waals surface area (Å²) in [6, 6.07) is 8.30. The van der Waals surface area contributed by atoms with Crippen molar-refractivity contribution in [2.45, 2.75) is 31.7 Å². The standard InChI is InChI=1S/C15H18FNO4/c1-20-14(18)13-9-12(16)7-8-17(13)15(19)21-10-11-5-3-2-4-6-11/h2-6,12-13H,7-10H2,1H3/t12-,13-/m0/s1. The van der Waals surface area contributed by atoms with Crippen LogP contribution in [0.2, 0.25) is 0 Å². The van der Waals surface area contributed by atoms with Crippen LogP contribution in [0.4, 0.5) is 9.18 Å². The number of alkyl halides is 1. The van der Waals surface area contributed by atoms with E-state index < -0.39 is 24.3 Å². The van der Waals surface area contributed by atoms with E-state index in [1.165, 1.54) is 12.0 Å². The van der Waals surface area contributed by atoms with Crippen LogP contribution in [0, 0.1) is 0 Å². The number of rotatable bonds is 3. The number of benzene rings is 1. The second-order valence-electron chi connectivity index (χ2n) is 4.89. The normalized spacial score (nSPS) is 21.7. The summed E-state index contributed by atoms with van der Waals surface area (Å²) < 4.78 is 23.2. The molecule has 1 saturated heterocycles. The van der Waals surface area contributed by atoms with Crippen LogP contribution in [0.3, 0.4) is 0 Å². The van der Waals surface area contributed by atoms with E-state index in [-0.39, 0.29) is 26.0 Å². The first kappa shape index (κ1) is 15.3. The molecule has 1 aromatic rings. The van der Waals surface area contributed by atoms with Gasteiger partial charge in [0.1, 0.15) is 18.8 Å². The number of nitrogens with zero attached hydrogens (tertiary/aromatic N) is 1. The number of carbonyl (C=O) groups excluding carboxylic acids is 2. The molecule has 0 aliphatic carbocycles. The van der Waals surface area contributed by atoms with Crippen LogP contribution < -0.4 is 0 Å². The zero-order chi connectivity index (χ0) is 15.2. The number of carbonyl (C=O) groups is 2. The minimum Gasteiger partial charge on any atom is -0.467 e. The summed E-state index contributed by atoms with van der Waals surface area (Å²) in [5.41, 5.74) is 0.848. The third-order valence-corrected chi connectivity index (χ3v) is 3.45. The van der Waals surface area contributed by atoms with Crippen LogP contribution in [-0.2, 0) is 20.9 Å². The van der Waals surface area contributed by atoms with E-state index >= 15 is 0 Å². The molecule has 0 bridgehead atoms. The highest BCUT2D eigenvalue weighted by molar-refractivity contribution is 5.81. The van der Waals surface area contributed by atoms with Gasteiger partial charge in [0.2, 0.25) is 0 Å². The summed E-state index contributed by atoms with van der Waals surface area (Å²) in [5, 5.41) is 0. The Balaban J connectivity index is 1.97. The van der Waals surface area contributed by atoms with Gasteiger partial charge in [0.25, 0.3) is 0 Å². The van der Waals surface area contributed by atoms with E-state index in [2.05, 4.69) is 4.74 Å². The van der Waals surface area contributed by atoms with Gasteiger partial charge < -0.3 is 9.47 Å². The highest BCUT2D eigenvalue weighted by Crippen LogP contribution is 2.22. The average Bonchev–Trinajstić information content (AvgIpc) is 2.52. The predicted octanol–water partition coefficient (Wildman–Crippen LogP) is 2.30. The van der Waals surface area contributed by atoms with Crippen LogP contribution in [-0.4, -0.2) is 42.8 Å². The van der Waals surface area contributed by atoms with Crippen LogP contribution in [0.15, 0.2) is 30.3 Å². The fourth-order valence-corrected chi connectivity index (χ4v) is 2.30. The number of methoxy groups -OCH3 is 1. The minimum absolute atomic E-state index is 0.0485. The predicted molar refractivity (Wildman–Crippen MR) is 73.3 cm³/mol. The van der Waals surface area contributed by atoms with Crippen molar-refractivity contribution in [3.8, 4) is 0 Å². The zero-order valence-corrected chi connectivity index (χ0v) is 11.8. The number of hydrogen-bond acceptors (Lipinski definition) is 4. The lowest BCUT2D eigenvalue weighted by atomic mass is 10.0. The third-order valence-electron chi connectivity index (χ3n) is 3.45. The van der Waals surface area contributed by atoms with Crippen molar-refractivity contribution >= 4 is 12.1 Å². The molecule has 0 saturated carbocycles. The molecular weight excluding hydrogens is 277 g/mol. The van der Waals surface area contributed by atoms with Gasteiger partial charge in [-0.1, -0.05) is 30.3 Å². The molecule has 1 heterocycles. The lowest BCUT2D eigenvalue weighted by molar-refractivity contribution is -0.148. The second-order valence-corrected chi connectivity index (χ2v) is 4.89. The number of ether oxygens (including phenoxy) is 2. The monoisotopic (exact) mass is 295 g/mol. The molecule has 0 N–H and O–H groups in total. The second kappa shape index (κ2) is 7.06. The summed E-state index contributed by atoms with van der Waals surface area (Å²) in [6.45, 7) is 0.262. The quantitative estimate of drug-likeness (QED) is 0.803. The van der Waals surface area contributed by atoms with Gasteiger partial charge in [-0.25, -0.2) is 14.0 Å². The highest BCUT2D eigenvalue weighted by Gasteiger charge is 2.37. The average molecular weight is 295 g/mol. The molecule has 0 aromatic heterocycles. The van der Waals surface area contributed by atoms with Crippen molar-refractivity contribution in [2.24, 2.45) is 0 Å². The first-order valence-electron chi connectivity index (χ1n) is 6.81. The van der Waals surface area contributed by atoms with Crippen LogP contribution in [0.1, 0.15) is 18.4 Å². The number of likely N-dealkylation sites (tertiary alicyclic amines) is 1. The summed E-state index contributed by atoms with van der Waals surface area (Å²) >= 11 is 0. The lowest BCUT2D eigenvalue weighted by Gasteiger charge is -2.34. The van der Waals surface area contributed by atoms with Crippen LogP contribution >= 0.6 is 0 Å². The van der Waals surface area contributed by atoms with Gasteiger partial charge in [0.05, 0.1) is 7.11 Å². The Labute approximate surface area is 122 Å². The molecule has 21 heavy (non-hydrogen) atoms. The first-order valence-corrected chi connectivity index (χ1v) is 6.81. The van der Waals surface area contributed by atoms with Crippen molar-refractivity contribution in [2.75, 3.05) is 13.7 Å². The molecule has 2 atom stereocenters. The Morgan fingerprint density at radius 1 is 1.33 bits per heavy atom. The first-order chi connectivity index (χ1) is 10.1. The molecular formula is C15H18FNO4. The van der Waals surface area contributed by atoms with E-state index in [0.717, 1.165) is 5.56 Å². The van der Waals surface area contributed by atoms with Crippen molar-refractivity contribution in [1.82, 2.24) is 4.90 Å². The Bertz CT molecular complexity index is 494. The van der Waals surface area contributed by atoms with E-state index in [0.29, 0.717) is 0 Å². The van der Waals surface area contributed by atoms with E-state index in [1.54, 1.807) is 0 Å².